The van der Waals surface area contributed by atoms with Gasteiger partial charge in [-0.2, -0.15) is 4.98 Å². The fourth-order valence-electron chi connectivity index (χ4n) is 3.38. The standard InChI is InChI=1S/C24H27FN4O3S/c1-5-28(6-2)19-11-12-20(15(3)13-19)26-21(30)14-33-24-27-22(31)16(4)23(32)29(24)18-9-7-17(25)8-10-18/h7-13,31H,5-6,14H2,1-4H3,(H,26,30). The first-order valence-corrected chi connectivity index (χ1v) is 11.6. The number of nitrogens with zero attached hydrogens (tertiary/aromatic N) is 3. The van der Waals surface area contributed by atoms with Gasteiger partial charge in [0.1, 0.15) is 5.82 Å². The minimum atomic E-state index is -0.486. The lowest BCUT2D eigenvalue weighted by Gasteiger charge is -2.22. The number of benzene rings is 2. The first-order valence-electron chi connectivity index (χ1n) is 10.6. The van der Waals surface area contributed by atoms with Gasteiger partial charge in [0.25, 0.3) is 5.56 Å². The fraction of sp³-hybridized carbons (Fsp3) is 0.292. The smallest absolute Gasteiger partial charge is 0.265 e. The number of anilines is 2. The Labute approximate surface area is 196 Å². The second-order valence-electron chi connectivity index (χ2n) is 7.47. The number of aromatic nitrogens is 2. The third kappa shape index (κ3) is 5.54. The summed E-state index contributed by atoms with van der Waals surface area (Å²) in [5.41, 5.74) is 2.70. The number of aryl methyl sites for hydroxylation is 1. The molecule has 0 bridgehead atoms. The number of aromatic hydroxyl groups is 1. The minimum absolute atomic E-state index is 0.0344. The third-order valence-electron chi connectivity index (χ3n) is 5.28. The van der Waals surface area contributed by atoms with E-state index in [4.69, 9.17) is 0 Å². The molecule has 0 aliphatic carbocycles. The number of thioether (sulfide) groups is 1. The van der Waals surface area contributed by atoms with Crippen molar-refractivity contribution in [3.05, 3.63) is 69.8 Å². The summed E-state index contributed by atoms with van der Waals surface area (Å²) >= 11 is 1.01. The van der Waals surface area contributed by atoms with Gasteiger partial charge < -0.3 is 15.3 Å². The van der Waals surface area contributed by atoms with Crippen LogP contribution in [0.25, 0.3) is 5.69 Å². The molecular formula is C24H27FN4O3S. The summed E-state index contributed by atoms with van der Waals surface area (Å²) in [5.74, 6) is -1.15. The molecule has 9 heteroatoms. The van der Waals surface area contributed by atoms with E-state index < -0.39 is 17.3 Å². The SMILES string of the molecule is CCN(CC)c1ccc(NC(=O)CSc2nc(O)c(C)c(=O)n2-c2ccc(F)cc2)c(C)c1. The predicted octanol–water partition coefficient (Wildman–Crippen LogP) is 4.27. The molecule has 33 heavy (non-hydrogen) atoms. The van der Waals surface area contributed by atoms with Crippen LogP contribution in [0.5, 0.6) is 5.88 Å². The Balaban J connectivity index is 1.79. The highest BCUT2D eigenvalue weighted by molar-refractivity contribution is 7.99. The van der Waals surface area contributed by atoms with Crippen LogP contribution < -0.4 is 15.8 Å². The lowest BCUT2D eigenvalue weighted by molar-refractivity contribution is -0.113. The van der Waals surface area contributed by atoms with Crippen LogP contribution in [0.15, 0.2) is 52.4 Å². The van der Waals surface area contributed by atoms with E-state index in [2.05, 4.69) is 29.0 Å². The van der Waals surface area contributed by atoms with Gasteiger partial charge in [0.05, 0.1) is 17.0 Å². The van der Waals surface area contributed by atoms with Gasteiger partial charge in [-0.25, -0.2) is 4.39 Å². The Bertz CT molecular complexity index is 1210. The van der Waals surface area contributed by atoms with Crippen molar-refractivity contribution < 1.29 is 14.3 Å². The molecule has 0 aliphatic rings. The van der Waals surface area contributed by atoms with Gasteiger partial charge in [-0.3, -0.25) is 14.2 Å². The molecular weight excluding hydrogens is 443 g/mol. The van der Waals surface area contributed by atoms with Gasteiger partial charge >= 0.3 is 0 Å². The van der Waals surface area contributed by atoms with Crippen molar-refractivity contribution in [2.45, 2.75) is 32.9 Å². The minimum Gasteiger partial charge on any atom is -0.493 e. The zero-order valence-electron chi connectivity index (χ0n) is 19.1. The lowest BCUT2D eigenvalue weighted by Crippen LogP contribution is -2.24. The number of halogens is 1. The maximum atomic E-state index is 13.3. The van der Waals surface area contributed by atoms with E-state index in [-0.39, 0.29) is 22.4 Å². The molecule has 3 rings (SSSR count). The van der Waals surface area contributed by atoms with Gasteiger partial charge in [-0.1, -0.05) is 11.8 Å². The number of carbonyl (C=O) groups excluding carboxylic acids is 1. The molecule has 2 aromatic carbocycles. The van der Waals surface area contributed by atoms with Crippen LogP contribution in [-0.4, -0.2) is 39.4 Å². The van der Waals surface area contributed by atoms with E-state index in [1.165, 1.54) is 35.8 Å². The Morgan fingerprint density at radius 2 is 1.82 bits per heavy atom. The zero-order chi connectivity index (χ0) is 24.1. The van der Waals surface area contributed by atoms with E-state index in [1.54, 1.807) is 0 Å². The van der Waals surface area contributed by atoms with E-state index >= 15 is 0 Å². The maximum Gasteiger partial charge on any atom is 0.265 e. The number of hydrogen-bond acceptors (Lipinski definition) is 6. The molecule has 0 saturated heterocycles. The van der Waals surface area contributed by atoms with Crippen molar-refractivity contribution >= 4 is 29.0 Å². The number of hydrogen-bond donors (Lipinski definition) is 2. The second kappa shape index (κ2) is 10.5. The first-order chi connectivity index (χ1) is 15.7. The van der Waals surface area contributed by atoms with Crippen LogP contribution >= 0.6 is 11.8 Å². The Morgan fingerprint density at radius 3 is 2.42 bits per heavy atom. The molecule has 0 saturated carbocycles. The monoisotopic (exact) mass is 470 g/mol. The molecule has 174 valence electrons. The second-order valence-corrected chi connectivity index (χ2v) is 8.41. The molecule has 0 aliphatic heterocycles. The van der Waals surface area contributed by atoms with E-state index in [0.717, 1.165) is 36.1 Å². The van der Waals surface area contributed by atoms with Gasteiger partial charge in [0.15, 0.2) is 5.16 Å². The van der Waals surface area contributed by atoms with Crippen molar-refractivity contribution in [1.82, 2.24) is 9.55 Å². The topological polar surface area (TPSA) is 87.5 Å². The predicted molar refractivity (Wildman–Crippen MR) is 130 cm³/mol. The highest BCUT2D eigenvalue weighted by Gasteiger charge is 2.17. The van der Waals surface area contributed by atoms with E-state index in [1.807, 2.05) is 25.1 Å². The largest absolute Gasteiger partial charge is 0.493 e. The summed E-state index contributed by atoms with van der Waals surface area (Å²) in [6, 6.07) is 11.2. The molecule has 1 aromatic heterocycles. The Kier molecular flexibility index (Phi) is 7.75. The summed E-state index contributed by atoms with van der Waals surface area (Å²) in [5, 5.41) is 13.1. The van der Waals surface area contributed by atoms with Crippen LogP contribution in [0.2, 0.25) is 0 Å². The lowest BCUT2D eigenvalue weighted by atomic mass is 10.1. The van der Waals surface area contributed by atoms with Crippen LogP contribution in [0.3, 0.4) is 0 Å². The number of nitrogens with one attached hydrogen (secondary N) is 1. The van der Waals surface area contributed by atoms with Crippen molar-refractivity contribution in [2.24, 2.45) is 0 Å². The molecule has 1 heterocycles. The normalized spacial score (nSPS) is 10.8. The summed E-state index contributed by atoms with van der Waals surface area (Å²) in [4.78, 5) is 31.7. The van der Waals surface area contributed by atoms with Crippen LogP contribution in [0.1, 0.15) is 25.0 Å². The quantitative estimate of drug-likeness (QED) is 0.378. The van der Waals surface area contributed by atoms with E-state index in [9.17, 15) is 19.1 Å². The molecule has 1 amide bonds. The van der Waals surface area contributed by atoms with Gasteiger partial charge in [0.2, 0.25) is 11.8 Å². The average molecular weight is 471 g/mol. The number of rotatable bonds is 8. The van der Waals surface area contributed by atoms with Crippen molar-refractivity contribution in [2.75, 3.05) is 29.1 Å². The molecule has 0 fully saturated rings. The summed E-state index contributed by atoms with van der Waals surface area (Å²) in [6.45, 7) is 9.36. The fourth-order valence-corrected chi connectivity index (χ4v) is 4.18. The molecule has 7 nitrogen and oxygen atoms in total. The molecule has 3 aromatic rings. The zero-order valence-corrected chi connectivity index (χ0v) is 19.9. The Morgan fingerprint density at radius 1 is 1.15 bits per heavy atom. The van der Waals surface area contributed by atoms with E-state index in [0.29, 0.717) is 11.4 Å². The summed E-state index contributed by atoms with van der Waals surface area (Å²) < 4.78 is 14.6. The highest BCUT2D eigenvalue weighted by atomic mass is 32.2. The van der Waals surface area contributed by atoms with Gasteiger partial charge in [-0.05, 0) is 75.7 Å². The Hall–Kier alpha value is -3.33. The number of amides is 1. The molecule has 0 atom stereocenters. The molecule has 2 N–H and O–H groups in total. The van der Waals surface area contributed by atoms with Crippen molar-refractivity contribution in [1.29, 1.82) is 0 Å². The average Bonchev–Trinajstić information content (AvgIpc) is 2.79. The number of carbonyl (C=O) groups is 1. The summed E-state index contributed by atoms with van der Waals surface area (Å²) in [6.07, 6.45) is 0. The third-order valence-corrected chi connectivity index (χ3v) is 6.22. The van der Waals surface area contributed by atoms with Crippen molar-refractivity contribution in [3.8, 4) is 11.6 Å². The molecule has 0 unspecified atom stereocenters. The maximum absolute atomic E-state index is 13.3. The van der Waals surface area contributed by atoms with Crippen LogP contribution in [0, 0.1) is 19.7 Å². The van der Waals surface area contributed by atoms with Crippen molar-refractivity contribution in [3.63, 3.8) is 0 Å². The summed E-state index contributed by atoms with van der Waals surface area (Å²) in [7, 11) is 0. The van der Waals surface area contributed by atoms with Gasteiger partial charge in [-0.15, -0.1) is 0 Å². The first kappa shape index (κ1) is 24.3. The van der Waals surface area contributed by atoms with Gasteiger partial charge in [0, 0.05) is 24.5 Å². The molecule has 0 spiro atoms. The molecule has 0 radical (unpaired) electrons. The van der Waals surface area contributed by atoms with Crippen LogP contribution in [0.4, 0.5) is 15.8 Å². The van der Waals surface area contributed by atoms with Crippen LogP contribution in [-0.2, 0) is 4.79 Å². The highest BCUT2D eigenvalue weighted by Crippen LogP contribution is 2.25.